The molecule has 8 nitrogen and oxygen atoms in total. The summed E-state index contributed by atoms with van der Waals surface area (Å²) in [7, 11) is -1.52. The summed E-state index contributed by atoms with van der Waals surface area (Å²) in [6, 6.07) is 0.475. The van der Waals surface area contributed by atoms with E-state index in [0.717, 1.165) is 0 Å². The minimum atomic E-state index is -3.11. The van der Waals surface area contributed by atoms with Gasteiger partial charge in [0, 0.05) is 47.2 Å². The highest BCUT2D eigenvalue weighted by Gasteiger charge is 2.50. The van der Waals surface area contributed by atoms with E-state index in [0.29, 0.717) is 32.3 Å². The minimum absolute atomic E-state index is 0.420. The molecule has 0 aromatic rings. The molecule has 0 aliphatic heterocycles. The first-order valence-electron chi connectivity index (χ1n) is 7.67. The van der Waals surface area contributed by atoms with Crippen LogP contribution >= 0.6 is 0 Å². The Labute approximate surface area is 140 Å². The van der Waals surface area contributed by atoms with Crippen LogP contribution in [0.15, 0.2) is 4.99 Å². The number of rotatable bonds is 14. The second kappa shape index (κ2) is 12.0. The van der Waals surface area contributed by atoms with Crippen molar-refractivity contribution in [2.45, 2.75) is 38.9 Å². The number of carbonyl (C=O) groups excluding carboxylic acids is 1. The van der Waals surface area contributed by atoms with Crippen molar-refractivity contribution in [3.63, 3.8) is 0 Å². The van der Waals surface area contributed by atoms with Crippen molar-refractivity contribution in [3.8, 4) is 0 Å². The lowest BCUT2D eigenvalue weighted by molar-refractivity contribution is 0.0691. The first-order valence-corrected chi connectivity index (χ1v) is 11.4. The van der Waals surface area contributed by atoms with E-state index in [1.54, 1.807) is 6.08 Å². The molecule has 0 bridgehead atoms. The van der Waals surface area contributed by atoms with Gasteiger partial charge in [-0.05, 0) is 27.2 Å². The van der Waals surface area contributed by atoms with E-state index in [4.69, 9.17) is 26.6 Å². The van der Waals surface area contributed by atoms with E-state index in [2.05, 4.69) is 4.99 Å². The molecule has 0 heterocycles. The summed E-state index contributed by atoms with van der Waals surface area (Å²) in [4.78, 5) is 14.6. The Morgan fingerprint density at radius 2 is 1.35 bits per heavy atom. The fourth-order valence-electron chi connectivity index (χ4n) is 2.36. The zero-order valence-corrected chi connectivity index (χ0v) is 16.9. The van der Waals surface area contributed by atoms with Crippen molar-refractivity contribution in [2.75, 3.05) is 41.2 Å². The van der Waals surface area contributed by atoms with Crippen LogP contribution in [0, 0.1) is 0 Å². The van der Waals surface area contributed by atoms with Crippen LogP contribution in [0.25, 0.3) is 0 Å². The van der Waals surface area contributed by atoms with Gasteiger partial charge in [0.05, 0.1) is 0 Å². The van der Waals surface area contributed by atoms with Crippen LogP contribution in [0.3, 0.4) is 0 Å². The van der Waals surface area contributed by atoms with Crippen molar-refractivity contribution in [3.05, 3.63) is 0 Å². The standard InChI is InChI=1S/C13H29NO7Si2/c1-7-19-22(20-8-2,21-9-3)11-10-13(14-12-15)23(16-4,17-5)18-6/h13H,7-11H2,1-6H3. The van der Waals surface area contributed by atoms with Crippen molar-refractivity contribution in [1.29, 1.82) is 0 Å². The predicted molar refractivity (Wildman–Crippen MR) is 88.7 cm³/mol. The Hall–Kier alpha value is -0.426. The summed E-state index contributed by atoms with van der Waals surface area (Å²) in [6.07, 6.45) is 1.99. The molecule has 0 aliphatic carbocycles. The predicted octanol–water partition coefficient (Wildman–Crippen LogP) is 1.55. The average molecular weight is 368 g/mol. The van der Waals surface area contributed by atoms with Crippen molar-refractivity contribution in [2.24, 2.45) is 4.99 Å². The van der Waals surface area contributed by atoms with Gasteiger partial charge in [0.15, 0.2) is 0 Å². The van der Waals surface area contributed by atoms with Crippen LogP contribution in [0.4, 0.5) is 0 Å². The van der Waals surface area contributed by atoms with Crippen molar-refractivity contribution >= 4 is 23.7 Å². The molecule has 0 aromatic carbocycles. The summed E-state index contributed by atoms with van der Waals surface area (Å²) in [5.41, 5.74) is -0.590. The van der Waals surface area contributed by atoms with Gasteiger partial charge in [0.2, 0.25) is 6.08 Å². The molecule has 23 heavy (non-hydrogen) atoms. The lowest BCUT2D eigenvalue weighted by Gasteiger charge is -2.32. The molecule has 0 rings (SSSR count). The fourth-order valence-corrected chi connectivity index (χ4v) is 7.30. The molecule has 136 valence electrons. The summed E-state index contributed by atoms with van der Waals surface area (Å²) < 4.78 is 33.6. The number of hydrogen-bond acceptors (Lipinski definition) is 8. The largest absolute Gasteiger partial charge is 0.527 e. The molecular formula is C13H29NO7Si2. The third-order valence-corrected chi connectivity index (χ3v) is 9.31. The SMILES string of the molecule is CCO[Si](CCC(N=C=O)[Si](OC)(OC)OC)(OCC)OCC. The molecule has 10 heteroatoms. The van der Waals surface area contributed by atoms with Crippen LogP contribution in [0.2, 0.25) is 6.04 Å². The highest BCUT2D eigenvalue weighted by Crippen LogP contribution is 2.25. The zero-order chi connectivity index (χ0) is 17.8. The van der Waals surface area contributed by atoms with Gasteiger partial charge >= 0.3 is 17.6 Å². The van der Waals surface area contributed by atoms with E-state index < -0.39 is 23.3 Å². The molecule has 1 unspecified atom stereocenters. The van der Waals surface area contributed by atoms with Crippen LogP contribution in [-0.2, 0) is 31.4 Å². The molecule has 0 aromatic heterocycles. The van der Waals surface area contributed by atoms with Crippen molar-refractivity contribution < 1.29 is 31.4 Å². The van der Waals surface area contributed by atoms with Gasteiger partial charge in [0.25, 0.3) is 0 Å². The third-order valence-electron chi connectivity index (χ3n) is 3.29. The smallest absolute Gasteiger partial charge is 0.376 e. The molecule has 0 saturated carbocycles. The second-order valence-corrected chi connectivity index (χ2v) is 10.3. The fraction of sp³-hybridized carbons (Fsp3) is 0.923. The molecule has 0 fully saturated rings. The quantitative estimate of drug-likeness (QED) is 0.261. The minimum Gasteiger partial charge on any atom is -0.376 e. The number of isocyanates is 1. The Morgan fingerprint density at radius 3 is 1.65 bits per heavy atom. The summed E-state index contributed by atoms with van der Waals surface area (Å²) in [5.74, 6) is 0. The van der Waals surface area contributed by atoms with Gasteiger partial charge in [-0.15, -0.1) is 0 Å². The summed E-state index contributed by atoms with van der Waals surface area (Å²) in [5, 5.41) is 0. The van der Waals surface area contributed by atoms with Gasteiger partial charge in [-0.3, -0.25) is 0 Å². The highest BCUT2D eigenvalue weighted by atomic mass is 28.4. The van der Waals surface area contributed by atoms with Crippen LogP contribution < -0.4 is 0 Å². The van der Waals surface area contributed by atoms with Gasteiger partial charge in [-0.25, -0.2) is 4.79 Å². The van der Waals surface area contributed by atoms with Gasteiger partial charge < -0.3 is 26.6 Å². The molecule has 0 aliphatic rings. The van der Waals surface area contributed by atoms with Crippen molar-refractivity contribution in [1.82, 2.24) is 0 Å². The van der Waals surface area contributed by atoms with Crippen LogP contribution in [-0.4, -0.2) is 70.5 Å². The van der Waals surface area contributed by atoms with Gasteiger partial charge in [0.1, 0.15) is 5.67 Å². The number of nitrogens with zero attached hydrogens (tertiary/aromatic N) is 1. The Bertz CT molecular complexity index is 337. The first-order chi connectivity index (χ1) is 11.0. The molecule has 0 saturated heterocycles. The topological polar surface area (TPSA) is 84.8 Å². The van der Waals surface area contributed by atoms with E-state index in [1.165, 1.54) is 21.3 Å². The summed E-state index contributed by atoms with van der Waals surface area (Å²) >= 11 is 0. The molecule has 0 radical (unpaired) electrons. The lowest BCUT2D eigenvalue weighted by Crippen LogP contribution is -2.55. The molecule has 0 amide bonds. The molecule has 0 spiro atoms. The molecular weight excluding hydrogens is 338 g/mol. The zero-order valence-electron chi connectivity index (χ0n) is 14.9. The number of hydrogen-bond donors (Lipinski definition) is 0. The maximum Gasteiger partial charge on any atom is 0.527 e. The normalized spacial score (nSPS) is 13.7. The Morgan fingerprint density at radius 1 is 0.913 bits per heavy atom. The van der Waals surface area contributed by atoms with E-state index in [-0.39, 0.29) is 0 Å². The van der Waals surface area contributed by atoms with Gasteiger partial charge in [-0.2, -0.15) is 4.99 Å². The highest BCUT2D eigenvalue weighted by molar-refractivity contribution is 6.63. The maximum atomic E-state index is 10.8. The van der Waals surface area contributed by atoms with E-state index in [1.807, 2.05) is 20.8 Å². The second-order valence-electron chi connectivity index (χ2n) is 4.47. The first kappa shape index (κ1) is 22.6. The summed E-state index contributed by atoms with van der Waals surface area (Å²) in [6.45, 7) is 7.11. The Balaban J connectivity index is 5.28. The van der Waals surface area contributed by atoms with Crippen LogP contribution in [0.1, 0.15) is 27.2 Å². The molecule has 1 atom stereocenters. The molecule has 0 N–H and O–H groups in total. The maximum absolute atomic E-state index is 10.8. The van der Waals surface area contributed by atoms with Gasteiger partial charge in [-0.1, -0.05) is 0 Å². The monoisotopic (exact) mass is 367 g/mol. The van der Waals surface area contributed by atoms with E-state index in [9.17, 15) is 4.79 Å². The van der Waals surface area contributed by atoms with E-state index >= 15 is 0 Å². The lowest BCUT2D eigenvalue weighted by atomic mass is 10.5. The third kappa shape index (κ3) is 6.53. The van der Waals surface area contributed by atoms with Crippen LogP contribution in [0.5, 0.6) is 0 Å². The Kier molecular flexibility index (Phi) is 11.8. The number of aliphatic imine (C=N–C) groups is 1. The average Bonchev–Trinajstić information content (AvgIpc) is 2.55.